The predicted molar refractivity (Wildman–Crippen MR) is 117 cm³/mol. The van der Waals surface area contributed by atoms with Crippen LogP contribution in [0, 0.1) is 5.41 Å². The number of rotatable bonds is 8. The minimum absolute atomic E-state index is 0.0564. The van der Waals surface area contributed by atoms with Crippen molar-refractivity contribution in [2.45, 2.75) is 39.2 Å². The van der Waals surface area contributed by atoms with Crippen molar-refractivity contribution in [2.75, 3.05) is 13.2 Å². The third kappa shape index (κ3) is 5.42. The Morgan fingerprint density at radius 2 is 1.58 bits per heavy atom. The highest BCUT2D eigenvalue weighted by Gasteiger charge is 2.29. The van der Waals surface area contributed by atoms with Gasteiger partial charge in [-0.2, -0.15) is 0 Å². The molecule has 0 radical (unpaired) electrons. The predicted octanol–water partition coefficient (Wildman–Crippen LogP) is 3.53. The Hall–Kier alpha value is -3.35. The fourth-order valence-electron chi connectivity index (χ4n) is 3.83. The highest BCUT2D eigenvalue weighted by molar-refractivity contribution is 5.85. The molecule has 0 spiro atoms. The molecule has 0 saturated heterocycles. The second-order valence-corrected chi connectivity index (χ2v) is 8.64. The number of nitrogens with one attached hydrogen (secondary N) is 2. The van der Waals surface area contributed by atoms with Gasteiger partial charge in [-0.15, -0.1) is 0 Å². The quantitative estimate of drug-likeness (QED) is 0.601. The lowest BCUT2D eigenvalue weighted by Crippen LogP contribution is -2.47. The highest BCUT2D eigenvalue weighted by atomic mass is 16.5. The Kier molecular flexibility index (Phi) is 6.63. The molecule has 2 aromatic rings. The fraction of sp³-hybridized carbons (Fsp3) is 0.375. The largest absolute Gasteiger partial charge is 0.481 e. The molecule has 31 heavy (non-hydrogen) atoms. The number of carboxylic acid groups (broad SMARTS) is 1. The Labute approximate surface area is 181 Å². The number of carbonyl (C=O) groups is 3. The lowest BCUT2D eigenvalue weighted by molar-refractivity contribution is -0.139. The van der Waals surface area contributed by atoms with Crippen LogP contribution in [-0.2, 0) is 14.3 Å². The van der Waals surface area contributed by atoms with Crippen molar-refractivity contribution in [2.24, 2.45) is 5.41 Å². The van der Waals surface area contributed by atoms with Crippen molar-refractivity contribution in [3.8, 4) is 11.1 Å². The molecule has 3 N–H and O–H groups in total. The zero-order valence-corrected chi connectivity index (χ0v) is 18.0. The van der Waals surface area contributed by atoms with Crippen LogP contribution in [0.15, 0.2) is 48.5 Å². The summed E-state index contributed by atoms with van der Waals surface area (Å²) in [7, 11) is 0. The molecule has 3 rings (SSSR count). The summed E-state index contributed by atoms with van der Waals surface area (Å²) in [5.41, 5.74) is 3.92. The van der Waals surface area contributed by atoms with E-state index in [1.165, 1.54) is 0 Å². The summed E-state index contributed by atoms with van der Waals surface area (Å²) in [5.74, 6) is -1.38. The van der Waals surface area contributed by atoms with Crippen molar-refractivity contribution in [3.05, 3.63) is 59.7 Å². The van der Waals surface area contributed by atoms with E-state index in [4.69, 9.17) is 9.84 Å². The molecule has 0 aromatic heterocycles. The number of alkyl carbamates (subject to hydrolysis) is 1. The molecule has 1 aliphatic rings. The van der Waals surface area contributed by atoms with Gasteiger partial charge in [0.05, 0.1) is 6.42 Å². The maximum Gasteiger partial charge on any atom is 0.407 e. The van der Waals surface area contributed by atoms with Gasteiger partial charge < -0.3 is 20.5 Å². The van der Waals surface area contributed by atoms with Gasteiger partial charge in [-0.25, -0.2) is 4.79 Å². The minimum atomic E-state index is -0.927. The Balaban J connectivity index is 1.53. The van der Waals surface area contributed by atoms with Gasteiger partial charge >= 0.3 is 12.1 Å². The maximum absolute atomic E-state index is 12.3. The van der Waals surface area contributed by atoms with Crippen molar-refractivity contribution in [1.29, 1.82) is 0 Å². The molecule has 7 nitrogen and oxygen atoms in total. The number of carboxylic acids is 1. The first-order valence-electron chi connectivity index (χ1n) is 10.3. The van der Waals surface area contributed by atoms with Gasteiger partial charge in [0.25, 0.3) is 0 Å². The SMILES string of the molecule is C[C@@H](NC(=O)OCC1c2ccccc2-c2ccccc21)C(=O)NCC(C)(C)CC(=O)O. The second-order valence-electron chi connectivity index (χ2n) is 8.64. The number of ether oxygens (including phenoxy) is 1. The third-order valence-corrected chi connectivity index (χ3v) is 5.44. The molecule has 164 valence electrons. The van der Waals surface area contributed by atoms with Crippen LogP contribution in [0.25, 0.3) is 11.1 Å². The molecule has 0 aliphatic heterocycles. The van der Waals surface area contributed by atoms with Gasteiger partial charge in [-0.1, -0.05) is 62.4 Å². The normalized spacial score (nSPS) is 13.6. The first kappa shape index (κ1) is 22.3. The van der Waals surface area contributed by atoms with Crippen molar-refractivity contribution in [1.82, 2.24) is 10.6 Å². The summed E-state index contributed by atoms with van der Waals surface area (Å²) in [6, 6.07) is 15.3. The molecular formula is C24H28N2O5. The number of aliphatic carboxylic acids is 1. The van der Waals surface area contributed by atoms with Crippen LogP contribution < -0.4 is 10.6 Å². The lowest BCUT2D eigenvalue weighted by atomic mass is 9.89. The van der Waals surface area contributed by atoms with E-state index in [-0.39, 0.29) is 25.5 Å². The number of fused-ring (bicyclic) bond motifs is 3. The molecule has 7 heteroatoms. The second kappa shape index (κ2) is 9.20. The number of amides is 2. The monoisotopic (exact) mass is 424 g/mol. The fourth-order valence-corrected chi connectivity index (χ4v) is 3.83. The number of benzene rings is 2. The van der Waals surface area contributed by atoms with E-state index in [0.717, 1.165) is 22.3 Å². The van der Waals surface area contributed by atoms with Crippen LogP contribution in [-0.4, -0.2) is 42.3 Å². The van der Waals surface area contributed by atoms with Gasteiger partial charge in [0.2, 0.25) is 5.91 Å². The van der Waals surface area contributed by atoms with Crippen LogP contribution in [0.4, 0.5) is 4.79 Å². The van der Waals surface area contributed by atoms with E-state index in [1.807, 2.05) is 36.4 Å². The average molecular weight is 424 g/mol. The van der Waals surface area contributed by atoms with E-state index in [1.54, 1.807) is 20.8 Å². The molecule has 0 heterocycles. The van der Waals surface area contributed by atoms with Crippen LogP contribution in [0.5, 0.6) is 0 Å². The Bertz CT molecular complexity index is 940. The molecule has 1 aliphatic carbocycles. The van der Waals surface area contributed by atoms with Crippen LogP contribution >= 0.6 is 0 Å². The van der Waals surface area contributed by atoms with E-state index < -0.39 is 29.4 Å². The molecule has 0 unspecified atom stereocenters. The van der Waals surface area contributed by atoms with Gasteiger partial charge in [0.1, 0.15) is 12.6 Å². The highest BCUT2D eigenvalue weighted by Crippen LogP contribution is 2.44. The topological polar surface area (TPSA) is 105 Å². The van der Waals surface area contributed by atoms with E-state index >= 15 is 0 Å². The molecule has 2 aromatic carbocycles. The zero-order chi connectivity index (χ0) is 22.6. The van der Waals surface area contributed by atoms with Gasteiger partial charge in [0.15, 0.2) is 0 Å². The zero-order valence-electron chi connectivity index (χ0n) is 18.0. The summed E-state index contributed by atoms with van der Waals surface area (Å²) >= 11 is 0. The molecule has 1 atom stereocenters. The standard InChI is InChI=1S/C24H28N2O5/c1-15(22(29)25-14-24(2,3)12-21(27)28)26-23(30)31-13-20-18-10-6-4-8-16(18)17-9-5-7-11-19(17)20/h4-11,15,20H,12-14H2,1-3H3,(H,25,29)(H,26,30)(H,27,28)/t15-/m1/s1. The first-order valence-corrected chi connectivity index (χ1v) is 10.3. The molecular weight excluding hydrogens is 396 g/mol. The summed E-state index contributed by atoms with van der Waals surface area (Å²) in [6.07, 6.45) is -0.740. The van der Waals surface area contributed by atoms with Gasteiger partial charge in [-0.05, 0) is 34.6 Å². The smallest absolute Gasteiger partial charge is 0.407 e. The third-order valence-electron chi connectivity index (χ3n) is 5.44. The summed E-state index contributed by atoms with van der Waals surface area (Å²) in [4.78, 5) is 35.5. The van der Waals surface area contributed by atoms with E-state index in [9.17, 15) is 14.4 Å². The summed E-state index contributed by atoms with van der Waals surface area (Å²) < 4.78 is 5.45. The molecule has 2 amide bonds. The van der Waals surface area contributed by atoms with E-state index in [2.05, 4.69) is 22.8 Å². The van der Waals surface area contributed by atoms with Gasteiger partial charge in [0, 0.05) is 12.5 Å². The van der Waals surface area contributed by atoms with Crippen molar-refractivity contribution >= 4 is 18.0 Å². The Morgan fingerprint density at radius 1 is 1.03 bits per heavy atom. The van der Waals surface area contributed by atoms with Crippen LogP contribution in [0.3, 0.4) is 0 Å². The van der Waals surface area contributed by atoms with Crippen LogP contribution in [0.2, 0.25) is 0 Å². The first-order chi connectivity index (χ1) is 14.7. The van der Waals surface area contributed by atoms with Crippen LogP contribution in [0.1, 0.15) is 44.2 Å². The van der Waals surface area contributed by atoms with Crippen molar-refractivity contribution in [3.63, 3.8) is 0 Å². The Morgan fingerprint density at radius 3 is 2.13 bits per heavy atom. The number of hydrogen-bond donors (Lipinski definition) is 3. The maximum atomic E-state index is 12.3. The minimum Gasteiger partial charge on any atom is -0.481 e. The lowest BCUT2D eigenvalue weighted by Gasteiger charge is -2.24. The molecule has 0 bridgehead atoms. The van der Waals surface area contributed by atoms with Gasteiger partial charge in [-0.3, -0.25) is 9.59 Å². The van der Waals surface area contributed by atoms with E-state index in [0.29, 0.717) is 0 Å². The number of hydrogen-bond acceptors (Lipinski definition) is 4. The number of carbonyl (C=O) groups excluding carboxylic acids is 2. The van der Waals surface area contributed by atoms with Crippen molar-refractivity contribution < 1.29 is 24.2 Å². The average Bonchev–Trinajstić information content (AvgIpc) is 3.03. The summed E-state index contributed by atoms with van der Waals surface area (Å²) in [5, 5.41) is 14.2. The molecule has 0 saturated carbocycles. The molecule has 0 fully saturated rings. The summed E-state index contributed by atoms with van der Waals surface area (Å²) in [6.45, 7) is 5.42.